The van der Waals surface area contributed by atoms with Crippen molar-refractivity contribution >= 4 is 12.3 Å². The zero-order chi connectivity index (χ0) is 12.5. The van der Waals surface area contributed by atoms with Gasteiger partial charge in [-0.15, -0.1) is 0 Å². The number of esters is 1. The number of aldehydes is 1. The van der Waals surface area contributed by atoms with Gasteiger partial charge in [0.05, 0.1) is 7.11 Å². The van der Waals surface area contributed by atoms with Crippen LogP contribution in [0.2, 0.25) is 0 Å². The lowest BCUT2D eigenvalue weighted by Gasteiger charge is -2.10. The lowest BCUT2D eigenvalue weighted by atomic mass is 9.94. The smallest absolute Gasteiger partial charge is 0.305 e. The second kappa shape index (κ2) is 8.04. The van der Waals surface area contributed by atoms with Crippen molar-refractivity contribution in [3.05, 3.63) is 12.2 Å². The van der Waals surface area contributed by atoms with Gasteiger partial charge < -0.3 is 9.53 Å². The minimum atomic E-state index is -0.143. The van der Waals surface area contributed by atoms with Crippen LogP contribution in [0.4, 0.5) is 0 Å². The molecule has 0 radical (unpaired) electrons. The first-order valence-electron chi connectivity index (χ1n) is 6.45. The summed E-state index contributed by atoms with van der Waals surface area (Å²) in [7, 11) is 1.41. The third kappa shape index (κ3) is 5.16. The number of hydrogen-bond donors (Lipinski definition) is 0. The van der Waals surface area contributed by atoms with Crippen molar-refractivity contribution in [2.24, 2.45) is 11.8 Å². The molecule has 0 aromatic rings. The molecular weight excluding hydrogens is 216 g/mol. The average Bonchev–Trinajstić information content (AvgIpc) is 2.80. The lowest BCUT2D eigenvalue weighted by molar-refractivity contribution is -0.140. The van der Waals surface area contributed by atoms with Crippen LogP contribution in [-0.4, -0.2) is 19.4 Å². The third-order valence-corrected chi connectivity index (χ3v) is 3.48. The van der Waals surface area contributed by atoms with Gasteiger partial charge in [-0.05, 0) is 38.0 Å². The van der Waals surface area contributed by atoms with Gasteiger partial charge >= 0.3 is 5.97 Å². The molecule has 0 N–H and O–H groups in total. The molecule has 17 heavy (non-hydrogen) atoms. The second-order valence-corrected chi connectivity index (χ2v) is 4.67. The van der Waals surface area contributed by atoms with E-state index in [1.807, 2.05) is 0 Å². The zero-order valence-corrected chi connectivity index (χ0v) is 10.6. The molecule has 1 saturated carbocycles. The highest BCUT2D eigenvalue weighted by Gasteiger charge is 2.25. The number of hydrogen-bond acceptors (Lipinski definition) is 3. The van der Waals surface area contributed by atoms with E-state index in [0.717, 1.165) is 32.0 Å². The quantitative estimate of drug-likeness (QED) is 0.296. The molecule has 1 fully saturated rings. The van der Waals surface area contributed by atoms with Crippen LogP contribution in [0.25, 0.3) is 0 Å². The second-order valence-electron chi connectivity index (χ2n) is 4.67. The van der Waals surface area contributed by atoms with E-state index in [1.54, 1.807) is 0 Å². The van der Waals surface area contributed by atoms with Crippen molar-refractivity contribution < 1.29 is 14.3 Å². The first-order chi connectivity index (χ1) is 8.27. The van der Waals surface area contributed by atoms with Crippen molar-refractivity contribution in [3.63, 3.8) is 0 Å². The van der Waals surface area contributed by atoms with Gasteiger partial charge in [0.1, 0.15) is 6.29 Å². The normalized spacial score (nSPS) is 24.1. The van der Waals surface area contributed by atoms with E-state index in [0.29, 0.717) is 12.3 Å². The summed E-state index contributed by atoms with van der Waals surface area (Å²) in [6.45, 7) is 0. The first-order valence-corrected chi connectivity index (χ1v) is 6.45. The maximum atomic E-state index is 10.9. The van der Waals surface area contributed by atoms with Gasteiger partial charge in [-0.1, -0.05) is 18.6 Å². The molecule has 2 atom stereocenters. The number of carbonyl (C=O) groups excluding carboxylic acids is 2. The Kier molecular flexibility index (Phi) is 6.60. The van der Waals surface area contributed by atoms with Gasteiger partial charge in [-0.2, -0.15) is 0 Å². The highest BCUT2D eigenvalue weighted by atomic mass is 16.5. The SMILES string of the molecule is COC(=O)CCC/C=C\C[C@H]1CCCC1C=O. The molecule has 0 aromatic carbocycles. The molecular formula is C14H22O3. The minimum Gasteiger partial charge on any atom is -0.469 e. The fourth-order valence-electron chi connectivity index (χ4n) is 2.39. The van der Waals surface area contributed by atoms with Crippen molar-refractivity contribution in [1.29, 1.82) is 0 Å². The molecule has 0 bridgehead atoms. The Morgan fingerprint density at radius 2 is 2.18 bits per heavy atom. The Balaban J connectivity index is 2.09. The van der Waals surface area contributed by atoms with E-state index in [4.69, 9.17) is 0 Å². The number of methoxy groups -OCH3 is 1. The standard InChI is InChI=1S/C14H22O3/c1-17-14(16)10-5-3-2-4-7-12-8-6-9-13(12)11-15/h2,4,11-13H,3,5-10H2,1H3/b4-2-/t12-,13?/m0/s1. The summed E-state index contributed by atoms with van der Waals surface area (Å²) in [4.78, 5) is 21.6. The number of rotatable bonds is 7. The maximum Gasteiger partial charge on any atom is 0.305 e. The fraction of sp³-hybridized carbons (Fsp3) is 0.714. The summed E-state index contributed by atoms with van der Waals surface area (Å²) in [6, 6.07) is 0. The summed E-state index contributed by atoms with van der Waals surface area (Å²) in [5, 5.41) is 0. The van der Waals surface area contributed by atoms with Crippen molar-refractivity contribution in [1.82, 2.24) is 0 Å². The monoisotopic (exact) mass is 238 g/mol. The summed E-state index contributed by atoms with van der Waals surface area (Å²) >= 11 is 0. The molecule has 3 nitrogen and oxygen atoms in total. The van der Waals surface area contributed by atoms with Crippen LogP contribution in [0.1, 0.15) is 44.9 Å². The van der Waals surface area contributed by atoms with Gasteiger partial charge in [0.2, 0.25) is 0 Å². The average molecular weight is 238 g/mol. The molecule has 0 aliphatic heterocycles. The van der Waals surface area contributed by atoms with Crippen LogP contribution >= 0.6 is 0 Å². The van der Waals surface area contributed by atoms with Gasteiger partial charge in [-0.25, -0.2) is 0 Å². The molecule has 0 amide bonds. The van der Waals surface area contributed by atoms with E-state index in [9.17, 15) is 9.59 Å². The van der Waals surface area contributed by atoms with E-state index in [2.05, 4.69) is 16.9 Å². The van der Waals surface area contributed by atoms with Crippen LogP contribution in [0.3, 0.4) is 0 Å². The molecule has 0 saturated heterocycles. The molecule has 1 aliphatic carbocycles. The summed E-state index contributed by atoms with van der Waals surface area (Å²) in [5.41, 5.74) is 0. The number of unbranched alkanes of at least 4 members (excludes halogenated alkanes) is 1. The Morgan fingerprint density at radius 3 is 2.88 bits per heavy atom. The molecule has 0 aromatic heterocycles. The van der Waals surface area contributed by atoms with Crippen LogP contribution in [0, 0.1) is 11.8 Å². The van der Waals surface area contributed by atoms with Crippen LogP contribution in [-0.2, 0) is 14.3 Å². The van der Waals surface area contributed by atoms with Gasteiger partial charge in [0.25, 0.3) is 0 Å². The number of carbonyl (C=O) groups is 2. The number of ether oxygens (including phenoxy) is 1. The van der Waals surface area contributed by atoms with Gasteiger partial charge in [0, 0.05) is 12.3 Å². The Labute approximate surface area is 103 Å². The summed E-state index contributed by atoms with van der Waals surface area (Å²) in [5.74, 6) is 0.675. The largest absolute Gasteiger partial charge is 0.469 e. The molecule has 1 rings (SSSR count). The van der Waals surface area contributed by atoms with Crippen molar-refractivity contribution in [2.45, 2.75) is 44.9 Å². The topological polar surface area (TPSA) is 43.4 Å². The minimum absolute atomic E-state index is 0.143. The Morgan fingerprint density at radius 1 is 1.35 bits per heavy atom. The summed E-state index contributed by atoms with van der Waals surface area (Å²) in [6.07, 6.45) is 12.0. The van der Waals surface area contributed by atoms with Crippen LogP contribution in [0.5, 0.6) is 0 Å². The lowest BCUT2D eigenvalue weighted by Crippen LogP contribution is -2.07. The predicted molar refractivity (Wildman–Crippen MR) is 66.5 cm³/mol. The molecule has 96 valence electrons. The van der Waals surface area contributed by atoms with Crippen LogP contribution < -0.4 is 0 Å². The summed E-state index contributed by atoms with van der Waals surface area (Å²) < 4.78 is 4.56. The highest BCUT2D eigenvalue weighted by molar-refractivity contribution is 5.69. The predicted octanol–water partition coefficient (Wildman–Crippen LogP) is 2.89. The van der Waals surface area contributed by atoms with Crippen molar-refractivity contribution in [3.8, 4) is 0 Å². The van der Waals surface area contributed by atoms with Gasteiger partial charge in [-0.3, -0.25) is 4.79 Å². The van der Waals surface area contributed by atoms with Crippen molar-refractivity contribution in [2.75, 3.05) is 7.11 Å². The van der Waals surface area contributed by atoms with E-state index >= 15 is 0 Å². The van der Waals surface area contributed by atoms with Crippen LogP contribution in [0.15, 0.2) is 12.2 Å². The third-order valence-electron chi connectivity index (χ3n) is 3.48. The number of allylic oxidation sites excluding steroid dienone is 2. The van der Waals surface area contributed by atoms with E-state index in [1.165, 1.54) is 20.0 Å². The molecule has 1 aliphatic rings. The zero-order valence-electron chi connectivity index (χ0n) is 10.6. The van der Waals surface area contributed by atoms with E-state index < -0.39 is 0 Å². The first kappa shape index (κ1) is 13.9. The fourth-order valence-corrected chi connectivity index (χ4v) is 2.39. The Hall–Kier alpha value is -1.12. The van der Waals surface area contributed by atoms with Gasteiger partial charge in [0.15, 0.2) is 0 Å². The molecule has 1 unspecified atom stereocenters. The molecule has 3 heteroatoms. The molecule has 0 spiro atoms. The Bertz CT molecular complexity index is 271. The van der Waals surface area contributed by atoms with E-state index in [-0.39, 0.29) is 11.9 Å². The highest BCUT2D eigenvalue weighted by Crippen LogP contribution is 2.32. The molecule has 0 heterocycles. The maximum absolute atomic E-state index is 10.9.